The maximum absolute atomic E-state index is 8.79. The molecule has 2 nitrogen and oxygen atoms in total. The van der Waals surface area contributed by atoms with Gasteiger partial charge in [0.2, 0.25) is 0 Å². The molecule has 2 aliphatic rings. The first-order valence-electron chi connectivity index (χ1n) is 5.40. The van der Waals surface area contributed by atoms with Crippen LogP contribution in [0.5, 0.6) is 0 Å². The topological polar surface area (TPSA) is 32.6 Å². The van der Waals surface area contributed by atoms with Gasteiger partial charge in [-0.2, -0.15) is 0 Å². The molecule has 2 rings (SSSR count). The van der Waals surface area contributed by atoms with E-state index in [1.165, 1.54) is 12.8 Å². The van der Waals surface area contributed by atoms with Gasteiger partial charge in [-0.1, -0.05) is 19.0 Å². The van der Waals surface area contributed by atoms with Gasteiger partial charge in [0, 0.05) is 0 Å². The molecule has 2 saturated carbocycles. The third-order valence-corrected chi connectivity index (χ3v) is 4.15. The molecule has 1 N–H and O–H groups in total. The SMILES string of the molecule is C[C@H]1CC2C/C(=N/O)CC(C2)[C@@H]1C. The Balaban J connectivity index is 2.12. The minimum Gasteiger partial charge on any atom is -0.411 e. The minimum absolute atomic E-state index is 0.786. The van der Waals surface area contributed by atoms with Crippen molar-refractivity contribution in [1.82, 2.24) is 0 Å². The van der Waals surface area contributed by atoms with E-state index in [-0.39, 0.29) is 0 Å². The highest BCUT2D eigenvalue weighted by Crippen LogP contribution is 2.44. The highest BCUT2D eigenvalue weighted by molar-refractivity contribution is 5.85. The number of oxime groups is 1. The van der Waals surface area contributed by atoms with E-state index in [1.807, 2.05) is 0 Å². The van der Waals surface area contributed by atoms with Crippen LogP contribution in [0.15, 0.2) is 5.16 Å². The fourth-order valence-corrected chi connectivity index (χ4v) is 3.18. The number of fused-ring (bicyclic) bond motifs is 2. The Bertz CT molecular complexity index is 222. The highest BCUT2D eigenvalue weighted by Gasteiger charge is 2.37. The monoisotopic (exact) mass is 181 g/mol. The summed E-state index contributed by atoms with van der Waals surface area (Å²) >= 11 is 0. The predicted molar refractivity (Wildman–Crippen MR) is 53.0 cm³/mol. The number of nitrogens with zero attached hydrogens (tertiary/aromatic N) is 1. The van der Waals surface area contributed by atoms with E-state index >= 15 is 0 Å². The predicted octanol–water partition coefficient (Wildman–Crippen LogP) is 2.91. The van der Waals surface area contributed by atoms with Crippen LogP contribution in [0.1, 0.15) is 39.5 Å². The molecule has 0 aromatic rings. The van der Waals surface area contributed by atoms with E-state index in [0.717, 1.165) is 42.2 Å². The van der Waals surface area contributed by atoms with Crippen molar-refractivity contribution < 1.29 is 5.21 Å². The van der Waals surface area contributed by atoms with Crippen molar-refractivity contribution >= 4 is 5.71 Å². The van der Waals surface area contributed by atoms with Gasteiger partial charge in [0.1, 0.15) is 0 Å². The van der Waals surface area contributed by atoms with Crippen molar-refractivity contribution in [1.29, 1.82) is 0 Å². The molecule has 0 saturated heterocycles. The van der Waals surface area contributed by atoms with Crippen LogP contribution in [0.2, 0.25) is 0 Å². The number of hydrogen-bond donors (Lipinski definition) is 1. The molecule has 0 heterocycles. The Labute approximate surface area is 80.0 Å². The van der Waals surface area contributed by atoms with Crippen LogP contribution >= 0.6 is 0 Å². The van der Waals surface area contributed by atoms with E-state index < -0.39 is 0 Å². The second-order valence-electron chi connectivity index (χ2n) is 5.01. The van der Waals surface area contributed by atoms with Crippen molar-refractivity contribution in [2.45, 2.75) is 39.5 Å². The molecule has 0 radical (unpaired) electrons. The van der Waals surface area contributed by atoms with Gasteiger partial charge in [0.25, 0.3) is 0 Å². The van der Waals surface area contributed by atoms with Crippen LogP contribution in [-0.2, 0) is 0 Å². The van der Waals surface area contributed by atoms with Gasteiger partial charge in [-0.05, 0) is 49.4 Å². The molecule has 13 heavy (non-hydrogen) atoms. The van der Waals surface area contributed by atoms with Gasteiger partial charge < -0.3 is 5.21 Å². The lowest BCUT2D eigenvalue weighted by Crippen LogP contribution is -2.36. The summed E-state index contributed by atoms with van der Waals surface area (Å²) in [6.45, 7) is 4.72. The molecule has 0 aromatic heterocycles. The summed E-state index contributed by atoms with van der Waals surface area (Å²) < 4.78 is 0. The zero-order chi connectivity index (χ0) is 9.42. The molecule has 2 fully saturated rings. The fraction of sp³-hybridized carbons (Fsp3) is 0.909. The van der Waals surface area contributed by atoms with Gasteiger partial charge in [-0.3, -0.25) is 0 Å². The van der Waals surface area contributed by atoms with Crippen LogP contribution in [-0.4, -0.2) is 10.9 Å². The molecule has 4 atom stereocenters. The largest absolute Gasteiger partial charge is 0.411 e. The van der Waals surface area contributed by atoms with Gasteiger partial charge in [0.05, 0.1) is 5.71 Å². The smallest absolute Gasteiger partial charge is 0.0576 e. The van der Waals surface area contributed by atoms with Crippen LogP contribution in [0, 0.1) is 23.7 Å². The van der Waals surface area contributed by atoms with Gasteiger partial charge in [-0.25, -0.2) is 0 Å². The van der Waals surface area contributed by atoms with E-state index in [4.69, 9.17) is 5.21 Å². The zero-order valence-corrected chi connectivity index (χ0v) is 8.53. The standard InChI is InChI=1S/C11H19NO/c1-7-3-9-4-10(8(7)2)6-11(5-9)12-13/h7-10,13H,3-6H2,1-2H3/b12-11-/t7-,8+,9?,10?/m0/s1. The highest BCUT2D eigenvalue weighted by atomic mass is 16.4. The van der Waals surface area contributed by atoms with Crippen LogP contribution in [0.4, 0.5) is 0 Å². The van der Waals surface area contributed by atoms with E-state index in [1.54, 1.807) is 0 Å². The van der Waals surface area contributed by atoms with Gasteiger partial charge in [-0.15, -0.1) is 0 Å². The lowest BCUT2D eigenvalue weighted by molar-refractivity contribution is 0.120. The van der Waals surface area contributed by atoms with Crippen molar-refractivity contribution in [3.63, 3.8) is 0 Å². The summed E-state index contributed by atoms with van der Waals surface area (Å²) in [6, 6.07) is 0. The first-order valence-corrected chi connectivity index (χ1v) is 5.40. The van der Waals surface area contributed by atoms with Gasteiger partial charge >= 0.3 is 0 Å². The average Bonchev–Trinajstić information content (AvgIpc) is 2.14. The average molecular weight is 181 g/mol. The molecule has 0 aliphatic heterocycles. The molecular weight excluding hydrogens is 162 g/mol. The Kier molecular flexibility index (Phi) is 2.31. The summed E-state index contributed by atoms with van der Waals surface area (Å²) in [7, 11) is 0. The lowest BCUT2D eigenvalue weighted by atomic mass is 9.63. The normalized spacial score (nSPS) is 48.0. The van der Waals surface area contributed by atoms with E-state index in [0.29, 0.717) is 0 Å². The van der Waals surface area contributed by atoms with E-state index in [9.17, 15) is 0 Å². The molecule has 74 valence electrons. The Morgan fingerprint density at radius 3 is 2.69 bits per heavy atom. The zero-order valence-electron chi connectivity index (χ0n) is 8.53. The fourth-order valence-electron chi connectivity index (χ4n) is 3.18. The quantitative estimate of drug-likeness (QED) is 0.452. The summed E-state index contributed by atoms with van der Waals surface area (Å²) in [5.41, 5.74) is 1.04. The van der Waals surface area contributed by atoms with Gasteiger partial charge in [0.15, 0.2) is 0 Å². The molecule has 2 unspecified atom stereocenters. The van der Waals surface area contributed by atoms with Crippen LogP contribution in [0.3, 0.4) is 0 Å². The number of rotatable bonds is 0. The summed E-state index contributed by atoms with van der Waals surface area (Å²) in [4.78, 5) is 0. The van der Waals surface area contributed by atoms with Crippen molar-refractivity contribution in [3.8, 4) is 0 Å². The van der Waals surface area contributed by atoms with Crippen LogP contribution < -0.4 is 0 Å². The molecule has 0 aromatic carbocycles. The molecular formula is C11H19NO. The third-order valence-electron chi connectivity index (χ3n) is 4.15. The van der Waals surface area contributed by atoms with Crippen molar-refractivity contribution in [2.24, 2.45) is 28.8 Å². The van der Waals surface area contributed by atoms with E-state index in [2.05, 4.69) is 19.0 Å². The molecule has 2 heteroatoms. The van der Waals surface area contributed by atoms with Crippen LogP contribution in [0.25, 0.3) is 0 Å². The summed E-state index contributed by atoms with van der Waals surface area (Å²) in [5, 5.41) is 12.2. The first-order chi connectivity index (χ1) is 6.20. The number of hydrogen-bond acceptors (Lipinski definition) is 2. The Morgan fingerprint density at radius 1 is 1.23 bits per heavy atom. The van der Waals surface area contributed by atoms with Crippen molar-refractivity contribution in [2.75, 3.05) is 0 Å². The molecule has 0 spiro atoms. The molecule has 2 aliphatic carbocycles. The Hall–Kier alpha value is -0.530. The maximum atomic E-state index is 8.79. The second kappa shape index (κ2) is 3.32. The Morgan fingerprint density at radius 2 is 2.00 bits per heavy atom. The molecule has 0 amide bonds. The minimum atomic E-state index is 0.786. The third kappa shape index (κ3) is 1.59. The van der Waals surface area contributed by atoms with Crippen molar-refractivity contribution in [3.05, 3.63) is 0 Å². The second-order valence-corrected chi connectivity index (χ2v) is 5.01. The first kappa shape index (κ1) is 9.04. The molecule has 2 bridgehead atoms. The summed E-state index contributed by atoms with van der Waals surface area (Å²) in [5.74, 6) is 3.27. The summed E-state index contributed by atoms with van der Waals surface area (Å²) in [6.07, 6.45) is 4.78. The lowest BCUT2D eigenvalue weighted by Gasteiger charge is -2.42. The maximum Gasteiger partial charge on any atom is 0.0576 e.